The molecule has 0 aliphatic carbocycles. The molecule has 122 valence electrons. The monoisotopic (exact) mass is 297 g/mol. The summed E-state index contributed by atoms with van der Waals surface area (Å²) in [5.74, 6) is 0. The minimum Gasteiger partial charge on any atom is -0.391 e. The van der Waals surface area contributed by atoms with Gasteiger partial charge in [0.1, 0.15) is 0 Å². The summed E-state index contributed by atoms with van der Waals surface area (Å²) in [6.07, 6.45) is 7.58. The number of nitrogens with zero attached hydrogens (tertiary/aromatic N) is 2. The predicted octanol–water partition coefficient (Wildman–Crippen LogP) is 1.81. The van der Waals surface area contributed by atoms with Crippen LogP contribution in [0.2, 0.25) is 0 Å². The lowest BCUT2D eigenvalue weighted by Crippen LogP contribution is -2.52. The summed E-state index contributed by atoms with van der Waals surface area (Å²) >= 11 is 0. The van der Waals surface area contributed by atoms with Crippen molar-refractivity contribution in [2.24, 2.45) is 0 Å². The molecule has 0 radical (unpaired) electrons. The molecule has 2 atom stereocenters. The van der Waals surface area contributed by atoms with Crippen LogP contribution in [0.4, 0.5) is 4.79 Å². The number of hydrogen-bond acceptors (Lipinski definition) is 3. The third kappa shape index (κ3) is 5.15. The molecule has 2 rings (SSSR count). The Morgan fingerprint density at radius 1 is 1.24 bits per heavy atom. The van der Waals surface area contributed by atoms with Crippen LogP contribution in [0.15, 0.2) is 0 Å². The number of aliphatic hydroxyl groups is 1. The molecule has 0 saturated carbocycles. The molecule has 5 nitrogen and oxygen atoms in total. The zero-order chi connectivity index (χ0) is 15.1. The Morgan fingerprint density at radius 3 is 2.86 bits per heavy atom. The van der Waals surface area contributed by atoms with Crippen LogP contribution in [0, 0.1) is 0 Å². The normalized spacial score (nSPS) is 27.6. The van der Waals surface area contributed by atoms with E-state index in [1.54, 1.807) is 4.90 Å². The van der Waals surface area contributed by atoms with E-state index in [-0.39, 0.29) is 12.1 Å². The second-order valence-electron chi connectivity index (χ2n) is 6.47. The molecule has 5 heteroatoms. The maximum atomic E-state index is 12.2. The fourth-order valence-corrected chi connectivity index (χ4v) is 3.40. The van der Waals surface area contributed by atoms with Gasteiger partial charge in [-0.25, -0.2) is 4.79 Å². The molecule has 2 unspecified atom stereocenters. The van der Waals surface area contributed by atoms with E-state index in [1.165, 1.54) is 38.6 Å². The van der Waals surface area contributed by atoms with Crippen LogP contribution in [0.1, 0.15) is 51.9 Å². The Hall–Kier alpha value is -0.810. The summed E-state index contributed by atoms with van der Waals surface area (Å²) in [5.41, 5.74) is 0. The van der Waals surface area contributed by atoms with E-state index in [1.807, 2.05) is 0 Å². The highest BCUT2D eigenvalue weighted by atomic mass is 16.3. The summed E-state index contributed by atoms with van der Waals surface area (Å²) < 4.78 is 0. The van der Waals surface area contributed by atoms with Gasteiger partial charge in [0.25, 0.3) is 0 Å². The van der Waals surface area contributed by atoms with E-state index in [0.717, 1.165) is 32.5 Å². The molecule has 0 bridgehead atoms. The van der Waals surface area contributed by atoms with E-state index in [0.29, 0.717) is 12.6 Å². The van der Waals surface area contributed by atoms with Crippen LogP contribution >= 0.6 is 0 Å². The Labute approximate surface area is 128 Å². The van der Waals surface area contributed by atoms with E-state index in [2.05, 4.69) is 17.1 Å². The number of hydrogen-bond donors (Lipinski definition) is 2. The number of unbranched alkanes of at least 4 members (excludes halogenated alkanes) is 1. The first-order valence-electron chi connectivity index (χ1n) is 8.65. The number of likely N-dealkylation sites (tertiary alicyclic amines) is 2. The van der Waals surface area contributed by atoms with Crippen LogP contribution < -0.4 is 5.32 Å². The molecule has 0 aromatic heterocycles. The molecular weight excluding hydrogens is 266 g/mol. The van der Waals surface area contributed by atoms with Gasteiger partial charge in [-0.3, -0.25) is 4.90 Å². The number of carbonyl (C=O) groups excluding carboxylic acids is 1. The lowest BCUT2D eigenvalue weighted by molar-refractivity contribution is 0.0822. The van der Waals surface area contributed by atoms with Crippen molar-refractivity contribution in [1.29, 1.82) is 0 Å². The second-order valence-corrected chi connectivity index (χ2v) is 6.47. The third-order valence-corrected chi connectivity index (χ3v) is 4.72. The van der Waals surface area contributed by atoms with E-state index in [4.69, 9.17) is 0 Å². The van der Waals surface area contributed by atoms with Gasteiger partial charge in [-0.05, 0) is 45.2 Å². The van der Waals surface area contributed by atoms with Gasteiger partial charge in [-0.1, -0.05) is 19.8 Å². The van der Waals surface area contributed by atoms with Crippen molar-refractivity contribution in [2.45, 2.75) is 64.0 Å². The van der Waals surface area contributed by atoms with Crippen molar-refractivity contribution in [3.8, 4) is 0 Å². The van der Waals surface area contributed by atoms with Crippen molar-refractivity contribution in [2.75, 3.05) is 32.7 Å². The van der Waals surface area contributed by atoms with Gasteiger partial charge in [-0.2, -0.15) is 0 Å². The van der Waals surface area contributed by atoms with E-state index >= 15 is 0 Å². The van der Waals surface area contributed by atoms with Crippen LogP contribution in [0.3, 0.4) is 0 Å². The lowest BCUT2D eigenvalue weighted by Gasteiger charge is -2.37. The molecule has 2 heterocycles. The molecule has 0 aromatic carbocycles. The molecule has 2 aliphatic rings. The highest BCUT2D eigenvalue weighted by molar-refractivity contribution is 5.74. The Kier molecular flexibility index (Phi) is 6.77. The number of β-amino-alcohol motifs (C(OH)–C–C–N with tert-alkyl or cyclic N) is 1. The highest BCUT2D eigenvalue weighted by Gasteiger charge is 2.25. The molecule has 2 N–H and O–H groups in total. The van der Waals surface area contributed by atoms with Gasteiger partial charge in [0.05, 0.1) is 6.10 Å². The first-order valence-corrected chi connectivity index (χ1v) is 8.65. The zero-order valence-corrected chi connectivity index (χ0v) is 13.4. The Morgan fingerprint density at radius 2 is 2.10 bits per heavy atom. The first-order chi connectivity index (χ1) is 10.2. The van der Waals surface area contributed by atoms with Crippen LogP contribution in [-0.4, -0.2) is 65.8 Å². The Bertz CT molecular complexity index is 325. The van der Waals surface area contributed by atoms with Crippen LogP contribution in [0.5, 0.6) is 0 Å². The van der Waals surface area contributed by atoms with Gasteiger partial charge in [0, 0.05) is 25.7 Å². The average Bonchev–Trinajstić information content (AvgIpc) is 2.51. The lowest BCUT2D eigenvalue weighted by atomic mass is 10.0. The standard InChI is InChI=1S/C16H31N3O2/c1-2-3-9-18-10-5-4-7-14(18)12-17-16(21)19-11-6-8-15(20)13-19/h14-15,20H,2-13H2,1H3,(H,17,21). The third-order valence-electron chi connectivity index (χ3n) is 4.72. The molecule has 21 heavy (non-hydrogen) atoms. The number of piperidine rings is 2. The highest BCUT2D eigenvalue weighted by Crippen LogP contribution is 2.17. The first kappa shape index (κ1) is 16.6. The largest absolute Gasteiger partial charge is 0.391 e. The topological polar surface area (TPSA) is 55.8 Å². The summed E-state index contributed by atoms with van der Waals surface area (Å²) in [6.45, 7) is 6.54. The molecule has 2 amide bonds. The minimum absolute atomic E-state index is 0.00485. The molecular formula is C16H31N3O2. The number of carbonyl (C=O) groups is 1. The molecule has 2 aliphatic heterocycles. The van der Waals surface area contributed by atoms with Crippen molar-refractivity contribution in [3.05, 3.63) is 0 Å². The second kappa shape index (κ2) is 8.59. The number of nitrogens with one attached hydrogen (secondary N) is 1. The SMILES string of the molecule is CCCCN1CCCCC1CNC(=O)N1CCCC(O)C1. The number of aliphatic hydroxyl groups excluding tert-OH is 1. The fourth-order valence-electron chi connectivity index (χ4n) is 3.40. The van der Waals surface area contributed by atoms with E-state index in [9.17, 15) is 9.90 Å². The summed E-state index contributed by atoms with van der Waals surface area (Å²) in [6, 6.07) is 0.485. The molecule has 2 saturated heterocycles. The van der Waals surface area contributed by atoms with Crippen molar-refractivity contribution in [3.63, 3.8) is 0 Å². The minimum atomic E-state index is -0.347. The summed E-state index contributed by atoms with van der Waals surface area (Å²) in [4.78, 5) is 16.5. The average molecular weight is 297 g/mol. The zero-order valence-electron chi connectivity index (χ0n) is 13.4. The van der Waals surface area contributed by atoms with Gasteiger partial charge >= 0.3 is 6.03 Å². The maximum Gasteiger partial charge on any atom is 0.317 e. The number of rotatable bonds is 5. The Balaban J connectivity index is 1.75. The maximum absolute atomic E-state index is 12.2. The van der Waals surface area contributed by atoms with Crippen LogP contribution in [-0.2, 0) is 0 Å². The van der Waals surface area contributed by atoms with Gasteiger partial charge < -0.3 is 15.3 Å². The number of amides is 2. The number of urea groups is 1. The quantitative estimate of drug-likeness (QED) is 0.814. The van der Waals surface area contributed by atoms with Gasteiger partial charge in [0.15, 0.2) is 0 Å². The van der Waals surface area contributed by atoms with Crippen LogP contribution in [0.25, 0.3) is 0 Å². The molecule has 2 fully saturated rings. The predicted molar refractivity (Wildman–Crippen MR) is 84.3 cm³/mol. The van der Waals surface area contributed by atoms with Gasteiger partial charge in [0.2, 0.25) is 0 Å². The summed E-state index contributed by atoms with van der Waals surface area (Å²) in [5, 5.41) is 12.7. The fraction of sp³-hybridized carbons (Fsp3) is 0.938. The van der Waals surface area contributed by atoms with Crippen molar-refractivity contribution >= 4 is 6.03 Å². The summed E-state index contributed by atoms with van der Waals surface area (Å²) in [7, 11) is 0. The van der Waals surface area contributed by atoms with E-state index < -0.39 is 0 Å². The van der Waals surface area contributed by atoms with Gasteiger partial charge in [-0.15, -0.1) is 0 Å². The van der Waals surface area contributed by atoms with Crippen molar-refractivity contribution < 1.29 is 9.90 Å². The smallest absolute Gasteiger partial charge is 0.317 e. The molecule has 0 spiro atoms. The molecule has 0 aromatic rings. The van der Waals surface area contributed by atoms with Crippen molar-refractivity contribution in [1.82, 2.24) is 15.1 Å².